The van der Waals surface area contributed by atoms with Crippen molar-refractivity contribution in [3.63, 3.8) is 0 Å². The maximum Gasteiger partial charge on any atom is 0.183 e. The van der Waals surface area contributed by atoms with Crippen LogP contribution in [0.1, 0.15) is 40.5 Å². The maximum atomic E-state index is 11.8. The first-order valence-electron chi connectivity index (χ1n) is 6.85. The molecule has 2 unspecified atom stereocenters. The summed E-state index contributed by atoms with van der Waals surface area (Å²) in [7, 11) is 0. The molecule has 1 saturated carbocycles. The van der Waals surface area contributed by atoms with E-state index in [1.165, 1.54) is 0 Å². The van der Waals surface area contributed by atoms with E-state index in [0.29, 0.717) is 17.6 Å². The number of hydrogen-bond acceptors (Lipinski definition) is 2. The molecule has 0 spiro atoms. The van der Waals surface area contributed by atoms with Crippen LogP contribution in [0, 0.1) is 23.7 Å². The largest absolute Gasteiger partial charge is 0.299 e. The highest BCUT2D eigenvalue weighted by molar-refractivity contribution is 6.08. The molecule has 2 aliphatic carbocycles. The van der Waals surface area contributed by atoms with Crippen LogP contribution in [0.3, 0.4) is 0 Å². The number of carbonyl (C=O) groups excluding carboxylic acids is 2. The Labute approximate surface area is 109 Å². The first-order chi connectivity index (χ1) is 8.40. The number of rotatable bonds is 1. The van der Waals surface area contributed by atoms with Crippen LogP contribution in [0.4, 0.5) is 0 Å². The fourth-order valence-electron chi connectivity index (χ4n) is 3.40. The van der Waals surface area contributed by atoms with E-state index in [9.17, 15) is 9.59 Å². The van der Waals surface area contributed by atoms with Gasteiger partial charge in [-0.2, -0.15) is 0 Å². The van der Waals surface area contributed by atoms with Gasteiger partial charge in [0.2, 0.25) is 0 Å². The van der Waals surface area contributed by atoms with Crippen molar-refractivity contribution in [2.24, 2.45) is 23.7 Å². The molecule has 0 radical (unpaired) electrons. The lowest BCUT2D eigenvalue weighted by Gasteiger charge is -2.34. The van der Waals surface area contributed by atoms with E-state index in [4.69, 9.17) is 0 Å². The van der Waals surface area contributed by atoms with Gasteiger partial charge in [0, 0.05) is 11.8 Å². The van der Waals surface area contributed by atoms with Gasteiger partial charge in [-0.15, -0.1) is 0 Å². The van der Waals surface area contributed by atoms with E-state index < -0.39 is 0 Å². The summed E-state index contributed by atoms with van der Waals surface area (Å²) >= 11 is 0. The van der Waals surface area contributed by atoms with Gasteiger partial charge in [0.1, 0.15) is 5.78 Å². The number of carbonyl (C=O) groups is 2. The molecule has 0 N–H and O–H groups in total. The molecule has 0 aromatic rings. The topological polar surface area (TPSA) is 34.1 Å². The Morgan fingerprint density at radius 1 is 0.944 bits per heavy atom. The fourth-order valence-corrected chi connectivity index (χ4v) is 3.40. The molecule has 0 saturated heterocycles. The molecule has 2 aliphatic rings. The second-order valence-electron chi connectivity index (χ2n) is 6.04. The summed E-state index contributed by atoms with van der Waals surface area (Å²) in [6.45, 7) is 7.86. The zero-order valence-electron chi connectivity index (χ0n) is 11.7. The lowest BCUT2D eigenvalue weighted by molar-refractivity contribution is -0.129. The summed E-state index contributed by atoms with van der Waals surface area (Å²) in [6, 6.07) is 0. The number of ketones is 2. The predicted molar refractivity (Wildman–Crippen MR) is 72.1 cm³/mol. The maximum absolute atomic E-state index is 11.8. The van der Waals surface area contributed by atoms with Crippen LogP contribution in [0.25, 0.3) is 0 Å². The summed E-state index contributed by atoms with van der Waals surface area (Å²) in [4.78, 5) is 23.6. The van der Waals surface area contributed by atoms with E-state index in [1.54, 1.807) is 0 Å². The SMILES string of the molecule is CC1=CC(C2CC(C)C(=O)C(C)C2)C=C(C)C1=O. The van der Waals surface area contributed by atoms with E-state index in [1.807, 2.05) is 27.7 Å². The van der Waals surface area contributed by atoms with Crippen LogP contribution in [0.15, 0.2) is 23.3 Å². The third-order valence-electron chi connectivity index (χ3n) is 4.43. The number of allylic oxidation sites excluding steroid dienone is 4. The van der Waals surface area contributed by atoms with Crippen molar-refractivity contribution < 1.29 is 9.59 Å². The normalized spacial score (nSPS) is 34.3. The number of hydrogen-bond donors (Lipinski definition) is 0. The van der Waals surface area contributed by atoms with Gasteiger partial charge in [0.15, 0.2) is 5.78 Å². The molecule has 2 atom stereocenters. The van der Waals surface area contributed by atoms with Gasteiger partial charge < -0.3 is 0 Å². The van der Waals surface area contributed by atoms with Gasteiger partial charge in [-0.3, -0.25) is 9.59 Å². The Hall–Kier alpha value is -1.18. The third-order valence-corrected chi connectivity index (χ3v) is 4.43. The van der Waals surface area contributed by atoms with E-state index in [0.717, 1.165) is 24.0 Å². The molecule has 2 heteroatoms. The fraction of sp³-hybridized carbons (Fsp3) is 0.625. The lowest BCUT2D eigenvalue weighted by Crippen LogP contribution is -2.33. The van der Waals surface area contributed by atoms with Gasteiger partial charge in [0.05, 0.1) is 0 Å². The average molecular weight is 246 g/mol. The van der Waals surface area contributed by atoms with Gasteiger partial charge in [-0.05, 0) is 49.7 Å². The van der Waals surface area contributed by atoms with Crippen molar-refractivity contribution in [2.45, 2.75) is 40.5 Å². The van der Waals surface area contributed by atoms with Crippen LogP contribution in [0.2, 0.25) is 0 Å². The Morgan fingerprint density at radius 2 is 1.39 bits per heavy atom. The van der Waals surface area contributed by atoms with Crippen molar-refractivity contribution in [1.29, 1.82) is 0 Å². The smallest absolute Gasteiger partial charge is 0.183 e. The van der Waals surface area contributed by atoms with Crippen LogP contribution in [-0.4, -0.2) is 11.6 Å². The van der Waals surface area contributed by atoms with Crippen molar-refractivity contribution in [2.75, 3.05) is 0 Å². The minimum Gasteiger partial charge on any atom is -0.299 e. The van der Waals surface area contributed by atoms with Crippen molar-refractivity contribution >= 4 is 11.6 Å². The minimum atomic E-state index is 0.166. The summed E-state index contributed by atoms with van der Waals surface area (Å²) in [6.07, 6.45) is 6.09. The summed E-state index contributed by atoms with van der Waals surface area (Å²) in [5.74, 6) is 1.74. The second kappa shape index (κ2) is 4.83. The Balaban J connectivity index is 2.18. The molecule has 0 aromatic carbocycles. The molecule has 18 heavy (non-hydrogen) atoms. The first kappa shape index (κ1) is 13.3. The molecule has 0 aliphatic heterocycles. The minimum absolute atomic E-state index is 0.166. The monoisotopic (exact) mass is 246 g/mol. The Bertz CT molecular complexity index is 406. The van der Waals surface area contributed by atoms with Crippen LogP contribution in [-0.2, 0) is 9.59 Å². The molecule has 2 rings (SSSR count). The van der Waals surface area contributed by atoms with Gasteiger partial charge in [0.25, 0.3) is 0 Å². The summed E-state index contributed by atoms with van der Waals surface area (Å²) in [5, 5.41) is 0. The zero-order valence-corrected chi connectivity index (χ0v) is 11.7. The Kier molecular flexibility index (Phi) is 3.56. The van der Waals surface area contributed by atoms with Gasteiger partial charge in [-0.25, -0.2) is 0 Å². The highest BCUT2D eigenvalue weighted by atomic mass is 16.1. The van der Waals surface area contributed by atoms with Crippen molar-refractivity contribution in [3.05, 3.63) is 23.3 Å². The highest BCUT2D eigenvalue weighted by Crippen LogP contribution is 2.38. The first-order valence-corrected chi connectivity index (χ1v) is 6.85. The predicted octanol–water partition coefficient (Wildman–Crippen LogP) is 3.33. The molecule has 0 heterocycles. The second-order valence-corrected chi connectivity index (χ2v) is 6.04. The molecule has 0 amide bonds. The zero-order chi connectivity index (χ0) is 13.4. The molecule has 0 bridgehead atoms. The lowest BCUT2D eigenvalue weighted by atomic mass is 9.69. The quantitative estimate of drug-likeness (QED) is 0.711. The molecule has 1 fully saturated rings. The molecular weight excluding hydrogens is 224 g/mol. The molecule has 0 aromatic heterocycles. The highest BCUT2D eigenvalue weighted by Gasteiger charge is 2.35. The van der Waals surface area contributed by atoms with Crippen LogP contribution in [0.5, 0.6) is 0 Å². The summed E-state index contributed by atoms with van der Waals surface area (Å²) in [5.41, 5.74) is 1.72. The van der Waals surface area contributed by atoms with Crippen LogP contribution < -0.4 is 0 Å². The van der Waals surface area contributed by atoms with Crippen LogP contribution >= 0.6 is 0 Å². The van der Waals surface area contributed by atoms with E-state index >= 15 is 0 Å². The molecular formula is C16H22O2. The molecule has 98 valence electrons. The third kappa shape index (κ3) is 2.33. The summed E-state index contributed by atoms with van der Waals surface area (Å²) < 4.78 is 0. The Morgan fingerprint density at radius 3 is 1.83 bits per heavy atom. The van der Waals surface area contributed by atoms with Gasteiger partial charge >= 0.3 is 0 Å². The van der Waals surface area contributed by atoms with E-state index in [2.05, 4.69) is 12.2 Å². The number of Topliss-reactive ketones (excluding diaryl/α,β-unsaturated/α-hetero) is 2. The van der Waals surface area contributed by atoms with E-state index in [-0.39, 0.29) is 17.6 Å². The van der Waals surface area contributed by atoms with Crippen molar-refractivity contribution in [3.8, 4) is 0 Å². The van der Waals surface area contributed by atoms with Crippen molar-refractivity contribution in [1.82, 2.24) is 0 Å². The van der Waals surface area contributed by atoms with Gasteiger partial charge in [-0.1, -0.05) is 26.0 Å². The standard InChI is InChI=1S/C16H22O2/c1-9-5-13(6-10(2)15(9)17)14-7-11(3)16(18)12(4)8-14/h5-6,11-14H,7-8H2,1-4H3. The molecule has 2 nitrogen and oxygen atoms in total. The average Bonchev–Trinajstić information content (AvgIpc) is 2.31.